The number of hydrogen-bond acceptors (Lipinski definition) is 5. The highest BCUT2D eigenvalue weighted by Gasteiger charge is 2.13. The minimum Gasteiger partial charge on any atom is -0.497 e. The molecule has 4 rings (SSSR count). The lowest BCUT2D eigenvalue weighted by Crippen LogP contribution is -2.08. The van der Waals surface area contributed by atoms with Crippen LogP contribution in [0.4, 0.5) is 0 Å². The van der Waals surface area contributed by atoms with E-state index in [0.717, 1.165) is 58.4 Å². The maximum atomic E-state index is 5.91. The fourth-order valence-electron chi connectivity index (χ4n) is 3.77. The summed E-state index contributed by atoms with van der Waals surface area (Å²) in [6.45, 7) is 1.44. The van der Waals surface area contributed by atoms with Gasteiger partial charge in [-0.3, -0.25) is 0 Å². The number of rotatable bonds is 10. The molecule has 0 N–H and O–H groups in total. The predicted molar refractivity (Wildman–Crippen MR) is 125 cm³/mol. The van der Waals surface area contributed by atoms with Crippen molar-refractivity contribution < 1.29 is 18.9 Å². The van der Waals surface area contributed by atoms with Crippen molar-refractivity contribution >= 4 is 11.0 Å². The SMILES string of the molecule is COc1ccc(OCCCn2c(Cc3ccc(OC)c(OC)c3)nc3ccccc32)cc1. The van der Waals surface area contributed by atoms with Gasteiger partial charge in [0.15, 0.2) is 11.5 Å². The van der Waals surface area contributed by atoms with Crippen LogP contribution in [0.1, 0.15) is 17.8 Å². The van der Waals surface area contributed by atoms with Gasteiger partial charge >= 0.3 is 0 Å². The van der Waals surface area contributed by atoms with Crippen LogP contribution < -0.4 is 18.9 Å². The Morgan fingerprint density at radius 1 is 0.781 bits per heavy atom. The molecule has 0 unspecified atom stereocenters. The van der Waals surface area contributed by atoms with E-state index in [9.17, 15) is 0 Å². The monoisotopic (exact) mass is 432 g/mol. The predicted octanol–water partition coefficient (Wildman–Crippen LogP) is 5.12. The van der Waals surface area contributed by atoms with Gasteiger partial charge in [-0.1, -0.05) is 18.2 Å². The second-order valence-electron chi connectivity index (χ2n) is 7.41. The van der Waals surface area contributed by atoms with Crippen molar-refractivity contribution in [2.45, 2.75) is 19.4 Å². The number of para-hydroxylation sites is 2. The van der Waals surface area contributed by atoms with Gasteiger partial charge in [0.1, 0.15) is 17.3 Å². The van der Waals surface area contributed by atoms with Crippen molar-refractivity contribution in [3.63, 3.8) is 0 Å². The molecule has 0 saturated carbocycles. The number of methoxy groups -OCH3 is 3. The molecule has 0 aliphatic rings. The summed E-state index contributed by atoms with van der Waals surface area (Å²) >= 11 is 0. The van der Waals surface area contributed by atoms with E-state index in [1.54, 1.807) is 21.3 Å². The molecule has 0 amide bonds. The van der Waals surface area contributed by atoms with E-state index in [0.29, 0.717) is 13.0 Å². The molecule has 0 aliphatic carbocycles. The normalized spacial score (nSPS) is 10.8. The molecule has 0 atom stereocenters. The lowest BCUT2D eigenvalue weighted by atomic mass is 10.1. The molecular weight excluding hydrogens is 404 g/mol. The van der Waals surface area contributed by atoms with E-state index in [2.05, 4.69) is 28.8 Å². The second-order valence-corrected chi connectivity index (χ2v) is 7.41. The van der Waals surface area contributed by atoms with Crippen LogP contribution in [0.15, 0.2) is 66.7 Å². The molecular formula is C26H28N2O4. The molecule has 0 spiro atoms. The summed E-state index contributed by atoms with van der Waals surface area (Å²) in [5, 5.41) is 0. The van der Waals surface area contributed by atoms with Gasteiger partial charge in [0.2, 0.25) is 0 Å². The van der Waals surface area contributed by atoms with Crippen LogP contribution in [0.25, 0.3) is 11.0 Å². The Bertz CT molecular complexity index is 1170. The quantitative estimate of drug-likeness (QED) is 0.326. The van der Waals surface area contributed by atoms with Gasteiger partial charge in [0.05, 0.1) is 39.0 Å². The summed E-state index contributed by atoms with van der Waals surface area (Å²) in [5.41, 5.74) is 3.25. The van der Waals surface area contributed by atoms with Crippen molar-refractivity contribution in [1.82, 2.24) is 9.55 Å². The van der Waals surface area contributed by atoms with E-state index in [1.165, 1.54) is 0 Å². The van der Waals surface area contributed by atoms with Crippen molar-refractivity contribution in [3.8, 4) is 23.0 Å². The average Bonchev–Trinajstić information content (AvgIpc) is 3.19. The summed E-state index contributed by atoms with van der Waals surface area (Å²) < 4.78 is 24.2. The third-order valence-corrected chi connectivity index (χ3v) is 5.40. The first-order valence-electron chi connectivity index (χ1n) is 10.6. The van der Waals surface area contributed by atoms with E-state index < -0.39 is 0 Å². The van der Waals surface area contributed by atoms with E-state index in [4.69, 9.17) is 23.9 Å². The Kier molecular flexibility index (Phi) is 6.80. The number of hydrogen-bond donors (Lipinski definition) is 0. The lowest BCUT2D eigenvalue weighted by Gasteiger charge is -2.12. The molecule has 166 valence electrons. The summed E-state index contributed by atoms with van der Waals surface area (Å²) in [4.78, 5) is 4.90. The highest BCUT2D eigenvalue weighted by molar-refractivity contribution is 5.76. The number of ether oxygens (including phenoxy) is 4. The number of nitrogens with zero attached hydrogens (tertiary/aromatic N) is 2. The van der Waals surface area contributed by atoms with Gasteiger partial charge in [0.25, 0.3) is 0 Å². The second kappa shape index (κ2) is 10.1. The number of imidazole rings is 1. The van der Waals surface area contributed by atoms with Gasteiger partial charge in [-0.25, -0.2) is 4.98 Å². The number of benzene rings is 3. The van der Waals surface area contributed by atoms with Crippen molar-refractivity contribution in [1.29, 1.82) is 0 Å². The summed E-state index contributed by atoms with van der Waals surface area (Å²) in [6, 6.07) is 21.9. The molecule has 6 nitrogen and oxygen atoms in total. The molecule has 0 saturated heterocycles. The van der Waals surface area contributed by atoms with Crippen LogP contribution in [0, 0.1) is 0 Å². The minimum absolute atomic E-state index is 0.620. The Balaban J connectivity index is 1.48. The summed E-state index contributed by atoms with van der Waals surface area (Å²) in [7, 11) is 4.95. The number of aromatic nitrogens is 2. The first kappa shape index (κ1) is 21.6. The summed E-state index contributed by atoms with van der Waals surface area (Å²) in [6.07, 6.45) is 1.57. The molecule has 1 heterocycles. The molecule has 0 radical (unpaired) electrons. The van der Waals surface area contributed by atoms with Gasteiger partial charge in [-0.2, -0.15) is 0 Å². The molecule has 0 fully saturated rings. The highest BCUT2D eigenvalue weighted by Crippen LogP contribution is 2.29. The summed E-state index contributed by atoms with van der Waals surface area (Å²) in [5.74, 6) is 4.12. The van der Waals surface area contributed by atoms with Crippen LogP contribution >= 0.6 is 0 Å². The maximum Gasteiger partial charge on any atom is 0.161 e. The fourth-order valence-corrected chi connectivity index (χ4v) is 3.77. The Labute approximate surface area is 188 Å². The van der Waals surface area contributed by atoms with Crippen molar-refractivity contribution in [2.75, 3.05) is 27.9 Å². The fraction of sp³-hybridized carbons (Fsp3) is 0.269. The van der Waals surface area contributed by atoms with E-state index in [-0.39, 0.29) is 0 Å². The molecule has 32 heavy (non-hydrogen) atoms. The maximum absolute atomic E-state index is 5.91. The van der Waals surface area contributed by atoms with Crippen LogP contribution in [0.3, 0.4) is 0 Å². The van der Waals surface area contributed by atoms with Crippen LogP contribution in [-0.4, -0.2) is 37.5 Å². The number of aryl methyl sites for hydroxylation is 1. The minimum atomic E-state index is 0.620. The largest absolute Gasteiger partial charge is 0.497 e. The number of fused-ring (bicyclic) bond motifs is 1. The van der Waals surface area contributed by atoms with Gasteiger partial charge < -0.3 is 23.5 Å². The zero-order valence-corrected chi connectivity index (χ0v) is 18.7. The van der Waals surface area contributed by atoms with Gasteiger partial charge in [-0.15, -0.1) is 0 Å². The Morgan fingerprint density at radius 2 is 1.53 bits per heavy atom. The molecule has 0 bridgehead atoms. The molecule has 3 aromatic carbocycles. The molecule has 1 aromatic heterocycles. The topological polar surface area (TPSA) is 54.7 Å². The lowest BCUT2D eigenvalue weighted by molar-refractivity contribution is 0.301. The third-order valence-electron chi connectivity index (χ3n) is 5.40. The first-order valence-corrected chi connectivity index (χ1v) is 10.6. The first-order chi connectivity index (χ1) is 15.7. The smallest absolute Gasteiger partial charge is 0.161 e. The van der Waals surface area contributed by atoms with Gasteiger partial charge in [0, 0.05) is 13.0 Å². The highest BCUT2D eigenvalue weighted by atomic mass is 16.5. The standard InChI is InChI=1S/C26H28N2O4/c1-29-20-10-12-21(13-11-20)32-16-6-15-28-23-8-5-4-7-22(23)27-26(28)18-19-9-14-24(30-2)25(17-19)31-3/h4-5,7-14,17H,6,15-16,18H2,1-3H3. The Morgan fingerprint density at radius 3 is 2.28 bits per heavy atom. The van der Waals surface area contributed by atoms with Crippen molar-refractivity contribution in [2.24, 2.45) is 0 Å². The molecule has 6 heteroatoms. The Hall–Kier alpha value is -3.67. The molecule has 0 aliphatic heterocycles. The van der Waals surface area contributed by atoms with Crippen LogP contribution in [-0.2, 0) is 13.0 Å². The van der Waals surface area contributed by atoms with E-state index in [1.807, 2.05) is 42.5 Å². The van der Waals surface area contributed by atoms with Crippen LogP contribution in [0.5, 0.6) is 23.0 Å². The van der Waals surface area contributed by atoms with Crippen LogP contribution in [0.2, 0.25) is 0 Å². The zero-order valence-electron chi connectivity index (χ0n) is 18.7. The average molecular weight is 433 g/mol. The third kappa shape index (κ3) is 4.80. The van der Waals surface area contributed by atoms with Crippen molar-refractivity contribution in [3.05, 3.63) is 78.1 Å². The van der Waals surface area contributed by atoms with Gasteiger partial charge in [-0.05, 0) is 60.5 Å². The zero-order chi connectivity index (χ0) is 22.3. The van der Waals surface area contributed by atoms with E-state index >= 15 is 0 Å². The molecule has 4 aromatic rings.